The minimum Gasteiger partial charge on any atom is -0.455 e. The molecule has 0 spiro atoms. The van der Waals surface area contributed by atoms with E-state index >= 15 is 0 Å². The largest absolute Gasteiger partial charge is 0.455 e. The Morgan fingerprint density at radius 2 is 1.96 bits per heavy atom. The predicted octanol–water partition coefficient (Wildman–Crippen LogP) is 4.09. The van der Waals surface area contributed by atoms with Gasteiger partial charge in [-0.15, -0.1) is 0 Å². The maximum atomic E-state index is 13.4. The lowest BCUT2D eigenvalue weighted by molar-refractivity contribution is 0.0778. The SMILES string of the molecule is CC1OCCNc2cc3oc(-c4ccc(F)cc4)c(C4=NCCN4)c3cc21. The topological polar surface area (TPSA) is 58.8 Å². The molecule has 0 radical (unpaired) electrons. The van der Waals surface area contributed by atoms with Crippen molar-refractivity contribution in [3.8, 4) is 11.3 Å². The summed E-state index contributed by atoms with van der Waals surface area (Å²) < 4.78 is 25.5. The first-order valence-corrected chi connectivity index (χ1v) is 9.21. The molecule has 0 saturated heterocycles. The second-order valence-corrected chi connectivity index (χ2v) is 6.85. The molecule has 0 saturated carbocycles. The highest BCUT2D eigenvalue weighted by Crippen LogP contribution is 2.39. The number of benzene rings is 2. The molecule has 6 heteroatoms. The fraction of sp³-hybridized carbons (Fsp3) is 0.286. The highest BCUT2D eigenvalue weighted by Gasteiger charge is 2.25. The second kappa shape index (κ2) is 6.39. The predicted molar refractivity (Wildman–Crippen MR) is 104 cm³/mol. The molecule has 2 aliphatic rings. The Bertz CT molecular complexity index is 1040. The molecule has 5 rings (SSSR count). The number of nitrogens with zero attached hydrogens (tertiary/aromatic N) is 1. The second-order valence-electron chi connectivity index (χ2n) is 6.85. The van der Waals surface area contributed by atoms with E-state index in [0.717, 1.165) is 58.8 Å². The first kappa shape index (κ1) is 16.3. The van der Waals surface area contributed by atoms with Crippen LogP contribution in [0.1, 0.15) is 24.2 Å². The zero-order chi connectivity index (χ0) is 18.4. The fourth-order valence-electron chi connectivity index (χ4n) is 3.77. The Balaban J connectivity index is 1.77. The minimum atomic E-state index is -0.269. The molecule has 138 valence electrons. The van der Waals surface area contributed by atoms with Crippen LogP contribution in [-0.4, -0.2) is 32.1 Å². The summed E-state index contributed by atoms with van der Waals surface area (Å²) in [6.45, 7) is 5.02. The number of rotatable bonds is 2. The normalized spacial score (nSPS) is 19.2. The maximum absolute atomic E-state index is 13.4. The monoisotopic (exact) mass is 365 g/mol. The summed E-state index contributed by atoms with van der Waals surface area (Å²) in [4.78, 5) is 4.61. The molecule has 2 aliphatic heterocycles. The number of anilines is 1. The molecule has 5 nitrogen and oxygen atoms in total. The fourth-order valence-corrected chi connectivity index (χ4v) is 3.77. The van der Waals surface area contributed by atoms with Crippen molar-refractivity contribution in [3.05, 3.63) is 53.3 Å². The van der Waals surface area contributed by atoms with E-state index in [1.165, 1.54) is 12.1 Å². The quantitative estimate of drug-likeness (QED) is 0.718. The standard InChI is InChI=1S/C21H20FN3O2/c1-12-15-10-16-18(11-17(15)23-8-9-26-12)27-20(13-2-4-14(22)5-3-13)19(16)21-24-6-7-25-21/h2-5,10-12,23H,6-9H2,1H3,(H,24,25). The van der Waals surface area contributed by atoms with Crippen molar-refractivity contribution in [1.82, 2.24) is 5.32 Å². The summed E-state index contributed by atoms with van der Waals surface area (Å²) >= 11 is 0. The summed E-state index contributed by atoms with van der Waals surface area (Å²) in [5, 5.41) is 7.74. The third kappa shape index (κ3) is 2.77. The number of hydrogen-bond donors (Lipinski definition) is 2. The van der Waals surface area contributed by atoms with Gasteiger partial charge in [0.2, 0.25) is 0 Å². The molecule has 0 aliphatic carbocycles. The average molecular weight is 365 g/mol. The number of halogens is 1. The van der Waals surface area contributed by atoms with Crippen LogP contribution in [0.4, 0.5) is 10.1 Å². The number of hydrogen-bond acceptors (Lipinski definition) is 5. The van der Waals surface area contributed by atoms with E-state index in [1.807, 2.05) is 6.07 Å². The van der Waals surface area contributed by atoms with Gasteiger partial charge in [0.15, 0.2) is 0 Å². The van der Waals surface area contributed by atoms with Crippen LogP contribution >= 0.6 is 0 Å². The lowest BCUT2D eigenvalue weighted by Crippen LogP contribution is -2.19. The number of aliphatic imine (C=N–C) groups is 1. The maximum Gasteiger partial charge on any atom is 0.146 e. The summed E-state index contributed by atoms with van der Waals surface area (Å²) in [5.74, 6) is 1.25. The van der Waals surface area contributed by atoms with Crippen molar-refractivity contribution in [2.45, 2.75) is 13.0 Å². The number of nitrogens with one attached hydrogen (secondary N) is 2. The van der Waals surface area contributed by atoms with Gasteiger partial charge in [-0.25, -0.2) is 4.39 Å². The molecule has 0 amide bonds. The molecule has 3 heterocycles. The highest BCUT2D eigenvalue weighted by atomic mass is 19.1. The molecule has 1 unspecified atom stereocenters. The Morgan fingerprint density at radius 3 is 2.74 bits per heavy atom. The lowest BCUT2D eigenvalue weighted by Gasteiger charge is -2.12. The van der Waals surface area contributed by atoms with Gasteiger partial charge in [-0.1, -0.05) is 0 Å². The smallest absolute Gasteiger partial charge is 0.146 e. The molecule has 1 aromatic heterocycles. The third-order valence-electron chi connectivity index (χ3n) is 5.10. The number of amidine groups is 1. The van der Waals surface area contributed by atoms with E-state index < -0.39 is 0 Å². The van der Waals surface area contributed by atoms with Gasteiger partial charge in [-0.2, -0.15) is 0 Å². The first-order chi connectivity index (χ1) is 13.2. The van der Waals surface area contributed by atoms with E-state index in [9.17, 15) is 4.39 Å². The van der Waals surface area contributed by atoms with Crippen molar-refractivity contribution in [2.75, 3.05) is 31.6 Å². The molecule has 0 fully saturated rings. The molecule has 27 heavy (non-hydrogen) atoms. The van der Waals surface area contributed by atoms with Crippen molar-refractivity contribution >= 4 is 22.5 Å². The van der Waals surface area contributed by atoms with Crippen LogP contribution in [0.25, 0.3) is 22.3 Å². The van der Waals surface area contributed by atoms with Crippen LogP contribution in [-0.2, 0) is 4.74 Å². The number of furan rings is 1. The van der Waals surface area contributed by atoms with Crippen LogP contribution in [0.3, 0.4) is 0 Å². The molecular weight excluding hydrogens is 345 g/mol. The molecule has 2 aromatic carbocycles. The molecule has 0 bridgehead atoms. The molecule has 3 aromatic rings. The Kier molecular flexibility index (Phi) is 3.86. The Morgan fingerprint density at radius 1 is 1.11 bits per heavy atom. The van der Waals surface area contributed by atoms with E-state index in [0.29, 0.717) is 12.4 Å². The van der Waals surface area contributed by atoms with Crippen molar-refractivity contribution < 1.29 is 13.5 Å². The average Bonchev–Trinajstić information content (AvgIpc) is 3.27. The number of fused-ring (bicyclic) bond motifs is 2. The van der Waals surface area contributed by atoms with Gasteiger partial charge in [-0.3, -0.25) is 4.99 Å². The number of ether oxygens (including phenoxy) is 1. The van der Waals surface area contributed by atoms with E-state index in [-0.39, 0.29) is 11.9 Å². The van der Waals surface area contributed by atoms with Crippen LogP contribution < -0.4 is 10.6 Å². The third-order valence-corrected chi connectivity index (χ3v) is 5.10. The van der Waals surface area contributed by atoms with Crippen LogP contribution in [0.2, 0.25) is 0 Å². The highest BCUT2D eigenvalue weighted by molar-refractivity contribution is 6.14. The van der Waals surface area contributed by atoms with Gasteiger partial charge in [0.05, 0.1) is 24.8 Å². The van der Waals surface area contributed by atoms with Crippen molar-refractivity contribution in [1.29, 1.82) is 0 Å². The first-order valence-electron chi connectivity index (χ1n) is 9.21. The molecule has 1 atom stereocenters. The lowest BCUT2D eigenvalue weighted by atomic mass is 10.0. The Hall–Kier alpha value is -2.86. The van der Waals surface area contributed by atoms with Gasteiger partial charge in [0, 0.05) is 41.4 Å². The van der Waals surface area contributed by atoms with Gasteiger partial charge in [0.1, 0.15) is 23.0 Å². The van der Waals surface area contributed by atoms with Gasteiger partial charge < -0.3 is 19.8 Å². The zero-order valence-corrected chi connectivity index (χ0v) is 15.0. The summed E-state index contributed by atoms with van der Waals surface area (Å²) in [7, 11) is 0. The van der Waals surface area contributed by atoms with Gasteiger partial charge >= 0.3 is 0 Å². The van der Waals surface area contributed by atoms with Crippen molar-refractivity contribution in [3.63, 3.8) is 0 Å². The van der Waals surface area contributed by atoms with Crippen LogP contribution in [0.15, 0.2) is 45.8 Å². The van der Waals surface area contributed by atoms with E-state index in [1.54, 1.807) is 12.1 Å². The van der Waals surface area contributed by atoms with Crippen molar-refractivity contribution in [2.24, 2.45) is 4.99 Å². The summed E-state index contributed by atoms with van der Waals surface area (Å²) in [5.41, 5.74) is 4.66. The Labute approximate surface area is 156 Å². The minimum absolute atomic E-state index is 0.00472. The van der Waals surface area contributed by atoms with Crippen LogP contribution in [0, 0.1) is 5.82 Å². The summed E-state index contributed by atoms with van der Waals surface area (Å²) in [6, 6.07) is 10.5. The van der Waals surface area contributed by atoms with Gasteiger partial charge in [-0.05, 0) is 37.3 Å². The van der Waals surface area contributed by atoms with E-state index in [2.05, 4.69) is 28.6 Å². The summed E-state index contributed by atoms with van der Waals surface area (Å²) in [6.07, 6.45) is -0.00472. The zero-order valence-electron chi connectivity index (χ0n) is 15.0. The molecule has 2 N–H and O–H groups in total. The van der Waals surface area contributed by atoms with E-state index in [4.69, 9.17) is 9.15 Å². The molecular formula is C21H20FN3O2. The van der Waals surface area contributed by atoms with Gasteiger partial charge in [0.25, 0.3) is 0 Å². The van der Waals surface area contributed by atoms with Crippen LogP contribution in [0.5, 0.6) is 0 Å².